The van der Waals surface area contributed by atoms with Crippen LogP contribution in [0.15, 0.2) is 53.3 Å². The van der Waals surface area contributed by atoms with E-state index in [1.54, 1.807) is 4.57 Å². The van der Waals surface area contributed by atoms with Crippen molar-refractivity contribution in [3.8, 4) is 11.1 Å². The Morgan fingerprint density at radius 1 is 1.14 bits per heavy atom. The molecule has 0 fully saturated rings. The largest absolute Gasteiger partial charge is 0.465 e. The fraction of sp³-hybridized carbons (Fsp3) is 0.273. The van der Waals surface area contributed by atoms with Crippen molar-refractivity contribution < 1.29 is 9.90 Å². The first-order valence-corrected chi connectivity index (χ1v) is 9.33. The Morgan fingerprint density at radius 2 is 1.86 bits per heavy atom. The molecule has 1 aromatic heterocycles. The summed E-state index contributed by atoms with van der Waals surface area (Å²) in [4.78, 5) is 24.5. The number of rotatable bonds is 6. The lowest BCUT2D eigenvalue weighted by Gasteiger charge is -2.22. The maximum atomic E-state index is 13.3. The van der Waals surface area contributed by atoms with Crippen LogP contribution in [0.1, 0.15) is 25.1 Å². The molecule has 0 unspecified atom stereocenters. The molecule has 0 atom stereocenters. The maximum absolute atomic E-state index is 13.3. The maximum Gasteiger partial charge on any atom is 0.404 e. The summed E-state index contributed by atoms with van der Waals surface area (Å²) in [5, 5.41) is 13.0. The lowest BCUT2D eigenvalue weighted by atomic mass is 9.95. The highest BCUT2D eigenvalue weighted by molar-refractivity contribution is 5.97. The minimum absolute atomic E-state index is 0.0459. The van der Waals surface area contributed by atoms with E-state index in [-0.39, 0.29) is 18.0 Å². The molecule has 0 radical (unpaired) electrons. The van der Waals surface area contributed by atoms with Crippen molar-refractivity contribution in [2.75, 3.05) is 0 Å². The molecule has 3 aromatic rings. The highest BCUT2D eigenvalue weighted by Crippen LogP contribution is 2.31. The number of carbonyl (C=O) groups is 1. The van der Waals surface area contributed by atoms with E-state index in [2.05, 4.69) is 5.32 Å². The van der Waals surface area contributed by atoms with E-state index < -0.39 is 6.09 Å². The molecule has 28 heavy (non-hydrogen) atoms. The number of nitrogens with zero attached hydrogens (tertiary/aromatic N) is 1. The van der Waals surface area contributed by atoms with Crippen LogP contribution in [0.3, 0.4) is 0 Å². The second kappa shape index (κ2) is 8.27. The summed E-state index contributed by atoms with van der Waals surface area (Å²) in [7, 11) is 0. The molecule has 0 saturated carbocycles. The summed E-state index contributed by atoms with van der Waals surface area (Å²) in [5.74, 6) is 0.227. The zero-order chi connectivity index (χ0) is 20.3. The van der Waals surface area contributed by atoms with Crippen molar-refractivity contribution >= 4 is 16.9 Å². The van der Waals surface area contributed by atoms with E-state index in [1.165, 1.54) is 0 Å². The Kier molecular flexibility index (Phi) is 5.80. The molecule has 6 heteroatoms. The minimum atomic E-state index is -1.13. The van der Waals surface area contributed by atoms with E-state index in [1.807, 2.05) is 62.4 Å². The van der Waals surface area contributed by atoms with E-state index in [0.717, 1.165) is 22.1 Å². The number of carboxylic acid groups (broad SMARTS) is 1. The monoisotopic (exact) mass is 379 g/mol. The third kappa shape index (κ3) is 3.92. The van der Waals surface area contributed by atoms with E-state index in [4.69, 9.17) is 10.8 Å². The van der Waals surface area contributed by atoms with Crippen LogP contribution >= 0.6 is 0 Å². The smallest absolute Gasteiger partial charge is 0.404 e. The van der Waals surface area contributed by atoms with Gasteiger partial charge in [-0.25, -0.2) is 4.79 Å². The zero-order valence-corrected chi connectivity index (χ0v) is 16.1. The first kappa shape index (κ1) is 19.6. The van der Waals surface area contributed by atoms with Crippen LogP contribution in [-0.2, 0) is 19.6 Å². The van der Waals surface area contributed by atoms with Gasteiger partial charge in [-0.05, 0) is 34.6 Å². The van der Waals surface area contributed by atoms with Crippen molar-refractivity contribution in [2.24, 2.45) is 11.7 Å². The summed E-state index contributed by atoms with van der Waals surface area (Å²) in [5.41, 5.74) is 9.08. The molecular weight excluding hydrogens is 354 g/mol. The number of nitrogens with two attached hydrogens (primary N) is 1. The van der Waals surface area contributed by atoms with Gasteiger partial charge < -0.3 is 20.7 Å². The first-order valence-electron chi connectivity index (χ1n) is 9.33. The summed E-state index contributed by atoms with van der Waals surface area (Å²) in [6, 6.07) is 15.3. The number of benzene rings is 2. The Bertz CT molecular complexity index is 1060. The van der Waals surface area contributed by atoms with Crippen LogP contribution in [0.2, 0.25) is 0 Å². The molecule has 0 aliphatic rings. The van der Waals surface area contributed by atoms with Gasteiger partial charge in [-0.15, -0.1) is 0 Å². The topological polar surface area (TPSA) is 97.3 Å². The van der Waals surface area contributed by atoms with Crippen molar-refractivity contribution in [1.29, 1.82) is 0 Å². The second-order valence-electron chi connectivity index (χ2n) is 7.24. The van der Waals surface area contributed by atoms with Crippen LogP contribution in [-0.4, -0.2) is 15.8 Å². The highest BCUT2D eigenvalue weighted by atomic mass is 16.4. The Hall–Kier alpha value is -3.12. The third-order valence-electron chi connectivity index (χ3n) is 4.70. The van der Waals surface area contributed by atoms with Crippen molar-refractivity contribution in [2.45, 2.75) is 33.5 Å². The predicted molar refractivity (Wildman–Crippen MR) is 111 cm³/mol. The van der Waals surface area contributed by atoms with Crippen molar-refractivity contribution in [3.63, 3.8) is 0 Å². The normalized spacial score (nSPS) is 11.1. The highest BCUT2D eigenvalue weighted by Gasteiger charge is 2.19. The molecule has 1 amide bonds. The van der Waals surface area contributed by atoms with Gasteiger partial charge in [0.15, 0.2) is 0 Å². The quantitative estimate of drug-likeness (QED) is 0.610. The van der Waals surface area contributed by atoms with Crippen LogP contribution < -0.4 is 16.6 Å². The van der Waals surface area contributed by atoms with Gasteiger partial charge in [0.05, 0.1) is 6.54 Å². The average Bonchev–Trinajstić information content (AvgIpc) is 2.68. The average molecular weight is 379 g/mol. The standard InChI is InChI=1S/C22H25N3O3/c1-14(2)13-25-19(12-24-22(27)28)20(16-6-4-3-5-7-16)18-10-15(11-23)8-9-17(18)21(25)26/h3-10,14,24H,11-13,23H2,1-2H3,(H,27,28). The Balaban J connectivity index is 2.43. The number of aromatic nitrogens is 1. The fourth-order valence-electron chi connectivity index (χ4n) is 3.50. The van der Waals surface area contributed by atoms with Crippen molar-refractivity contribution in [1.82, 2.24) is 9.88 Å². The number of hydrogen-bond donors (Lipinski definition) is 3. The van der Waals surface area contributed by atoms with Crippen LogP contribution in [0, 0.1) is 5.92 Å². The SMILES string of the molecule is CC(C)Cn1c(CNC(=O)O)c(-c2ccccc2)c2cc(CN)ccc2c1=O. The number of pyridine rings is 1. The van der Waals surface area contributed by atoms with Crippen LogP contribution in [0.25, 0.3) is 21.9 Å². The zero-order valence-electron chi connectivity index (χ0n) is 16.1. The molecule has 0 bridgehead atoms. The van der Waals surface area contributed by atoms with Gasteiger partial charge in [0.1, 0.15) is 0 Å². The third-order valence-corrected chi connectivity index (χ3v) is 4.70. The summed E-state index contributed by atoms with van der Waals surface area (Å²) in [6.07, 6.45) is -1.13. The molecule has 146 valence electrons. The van der Waals surface area contributed by atoms with Gasteiger partial charge in [-0.2, -0.15) is 0 Å². The molecule has 0 aliphatic carbocycles. The van der Waals surface area contributed by atoms with E-state index >= 15 is 0 Å². The molecule has 1 heterocycles. The number of nitrogens with one attached hydrogen (secondary N) is 1. The Labute approximate surface area is 163 Å². The molecule has 6 nitrogen and oxygen atoms in total. The summed E-state index contributed by atoms with van der Waals surface area (Å²) < 4.78 is 1.70. The molecule has 3 rings (SSSR count). The van der Waals surface area contributed by atoms with Gasteiger partial charge in [0, 0.05) is 29.7 Å². The predicted octanol–water partition coefficient (Wildman–Crippen LogP) is 3.55. The molecule has 2 aromatic carbocycles. The van der Waals surface area contributed by atoms with E-state index in [9.17, 15) is 9.59 Å². The second-order valence-corrected chi connectivity index (χ2v) is 7.24. The van der Waals surface area contributed by atoms with Gasteiger partial charge in [0.2, 0.25) is 0 Å². The first-order chi connectivity index (χ1) is 13.4. The van der Waals surface area contributed by atoms with Gasteiger partial charge >= 0.3 is 6.09 Å². The van der Waals surface area contributed by atoms with Gasteiger partial charge in [-0.3, -0.25) is 4.79 Å². The molecule has 0 saturated heterocycles. The summed E-state index contributed by atoms with van der Waals surface area (Å²) >= 11 is 0. The lowest BCUT2D eigenvalue weighted by molar-refractivity contribution is 0.193. The molecular formula is C22H25N3O3. The summed E-state index contributed by atoms with van der Waals surface area (Å²) in [6.45, 7) is 4.98. The fourth-order valence-corrected chi connectivity index (χ4v) is 3.50. The molecule has 0 spiro atoms. The molecule has 0 aliphatic heterocycles. The minimum Gasteiger partial charge on any atom is -0.465 e. The van der Waals surface area contributed by atoms with E-state index in [0.29, 0.717) is 24.2 Å². The van der Waals surface area contributed by atoms with Crippen LogP contribution in [0.5, 0.6) is 0 Å². The van der Waals surface area contributed by atoms with Crippen LogP contribution in [0.4, 0.5) is 4.79 Å². The Morgan fingerprint density at radius 3 is 2.46 bits per heavy atom. The molecule has 4 N–H and O–H groups in total. The van der Waals surface area contributed by atoms with Crippen molar-refractivity contribution in [3.05, 3.63) is 70.1 Å². The number of amides is 1. The van der Waals surface area contributed by atoms with Gasteiger partial charge in [0.25, 0.3) is 5.56 Å². The number of hydrogen-bond acceptors (Lipinski definition) is 3. The van der Waals surface area contributed by atoms with Gasteiger partial charge in [-0.1, -0.05) is 50.2 Å². The number of fused-ring (bicyclic) bond motifs is 1. The lowest BCUT2D eigenvalue weighted by Crippen LogP contribution is -2.31.